The maximum Gasteiger partial charge on any atom is 0.162 e. The lowest BCUT2D eigenvalue weighted by Gasteiger charge is -2.15. The molecule has 1 rings (SSSR count). The van der Waals surface area contributed by atoms with Gasteiger partial charge in [-0.2, -0.15) is 0 Å². The molecular formula is C14H20BrClO2. The van der Waals surface area contributed by atoms with Crippen LogP contribution in [0.3, 0.4) is 0 Å². The molecule has 2 nitrogen and oxygen atoms in total. The van der Waals surface area contributed by atoms with E-state index in [0.717, 1.165) is 17.7 Å². The van der Waals surface area contributed by atoms with Crippen LogP contribution in [0.5, 0.6) is 11.5 Å². The number of alkyl halides is 1. The normalized spacial score (nSPS) is 12.3. The van der Waals surface area contributed by atoms with Crippen molar-refractivity contribution in [1.29, 1.82) is 0 Å². The Morgan fingerprint density at radius 3 is 2.33 bits per heavy atom. The largest absolute Gasteiger partial charge is 0.493 e. The van der Waals surface area contributed by atoms with Crippen LogP contribution in [0.25, 0.3) is 0 Å². The standard InChI is InChI=1S/C14H20BrClO2/c1-4-5-6-7-11(15)10-8-13(17-2)14(18-3)9-12(10)16/h8-9,11H,4-7H2,1-3H3. The lowest BCUT2D eigenvalue weighted by molar-refractivity contribution is 0.354. The number of unbranched alkanes of at least 4 members (excludes halogenated alkanes) is 2. The zero-order valence-electron chi connectivity index (χ0n) is 11.1. The monoisotopic (exact) mass is 334 g/mol. The molecule has 0 aliphatic heterocycles. The fourth-order valence-corrected chi connectivity index (χ4v) is 2.96. The predicted molar refractivity (Wildman–Crippen MR) is 80.4 cm³/mol. The van der Waals surface area contributed by atoms with Gasteiger partial charge in [-0.15, -0.1) is 0 Å². The molecule has 0 aliphatic rings. The van der Waals surface area contributed by atoms with E-state index in [0.29, 0.717) is 10.8 Å². The summed E-state index contributed by atoms with van der Waals surface area (Å²) in [5.41, 5.74) is 1.06. The van der Waals surface area contributed by atoms with Gasteiger partial charge in [-0.25, -0.2) is 0 Å². The van der Waals surface area contributed by atoms with Gasteiger partial charge in [-0.1, -0.05) is 53.7 Å². The maximum absolute atomic E-state index is 6.28. The van der Waals surface area contributed by atoms with Crippen molar-refractivity contribution in [2.75, 3.05) is 14.2 Å². The van der Waals surface area contributed by atoms with Crippen LogP contribution in [0.2, 0.25) is 5.02 Å². The van der Waals surface area contributed by atoms with Crippen molar-refractivity contribution in [2.24, 2.45) is 0 Å². The molecule has 0 spiro atoms. The number of hydrogen-bond donors (Lipinski definition) is 0. The molecule has 0 saturated heterocycles. The molecule has 0 aromatic heterocycles. The summed E-state index contributed by atoms with van der Waals surface area (Å²) in [5.74, 6) is 1.39. The molecule has 0 heterocycles. The van der Waals surface area contributed by atoms with Gasteiger partial charge in [-0.3, -0.25) is 0 Å². The minimum Gasteiger partial charge on any atom is -0.493 e. The van der Waals surface area contributed by atoms with Crippen molar-refractivity contribution in [2.45, 2.75) is 37.4 Å². The number of ether oxygens (including phenoxy) is 2. The number of methoxy groups -OCH3 is 2. The first-order valence-electron chi connectivity index (χ1n) is 6.19. The topological polar surface area (TPSA) is 18.5 Å². The molecule has 1 aromatic carbocycles. The summed E-state index contributed by atoms with van der Waals surface area (Å²) in [4.78, 5) is 0.261. The Morgan fingerprint density at radius 2 is 1.78 bits per heavy atom. The van der Waals surface area contributed by atoms with E-state index in [-0.39, 0.29) is 4.83 Å². The van der Waals surface area contributed by atoms with Gasteiger partial charge < -0.3 is 9.47 Å². The first-order valence-corrected chi connectivity index (χ1v) is 7.48. The van der Waals surface area contributed by atoms with E-state index in [1.807, 2.05) is 12.1 Å². The lowest BCUT2D eigenvalue weighted by Crippen LogP contribution is -1.96. The van der Waals surface area contributed by atoms with Crippen LogP contribution in [0, 0.1) is 0 Å². The third-order valence-electron chi connectivity index (χ3n) is 2.90. The van der Waals surface area contributed by atoms with Crippen molar-refractivity contribution in [1.82, 2.24) is 0 Å². The van der Waals surface area contributed by atoms with Crippen molar-refractivity contribution >= 4 is 27.5 Å². The summed E-state index contributed by atoms with van der Waals surface area (Å²) >= 11 is 9.98. The molecule has 1 unspecified atom stereocenters. The molecule has 0 N–H and O–H groups in total. The molecular weight excluding hydrogens is 316 g/mol. The molecule has 0 aliphatic carbocycles. The average molecular weight is 336 g/mol. The Balaban J connectivity index is 2.87. The smallest absolute Gasteiger partial charge is 0.162 e. The van der Waals surface area contributed by atoms with Gasteiger partial charge in [0, 0.05) is 15.9 Å². The molecule has 0 fully saturated rings. The highest BCUT2D eigenvalue weighted by Gasteiger charge is 2.15. The fraction of sp³-hybridized carbons (Fsp3) is 0.571. The number of halogens is 2. The van der Waals surface area contributed by atoms with E-state index >= 15 is 0 Å². The quantitative estimate of drug-likeness (QED) is 0.492. The number of rotatable bonds is 7. The Labute approximate surface area is 123 Å². The minimum absolute atomic E-state index is 0.261. The van der Waals surface area contributed by atoms with Gasteiger partial charge in [0.2, 0.25) is 0 Å². The average Bonchev–Trinajstić information content (AvgIpc) is 2.38. The molecule has 1 aromatic rings. The third kappa shape index (κ3) is 4.06. The second kappa shape index (κ2) is 7.90. The van der Waals surface area contributed by atoms with Crippen LogP contribution in [0.4, 0.5) is 0 Å². The first kappa shape index (κ1) is 15.6. The highest BCUT2D eigenvalue weighted by atomic mass is 79.9. The summed E-state index contributed by atoms with van der Waals surface area (Å²) < 4.78 is 10.5. The SMILES string of the molecule is CCCCCC(Br)c1cc(OC)c(OC)cc1Cl. The zero-order valence-corrected chi connectivity index (χ0v) is 13.5. The van der Waals surface area contributed by atoms with Crippen LogP contribution < -0.4 is 9.47 Å². The molecule has 0 saturated carbocycles. The van der Waals surface area contributed by atoms with Crippen molar-refractivity contribution in [3.8, 4) is 11.5 Å². The molecule has 0 amide bonds. The van der Waals surface area contributed by atoms with Gasteiger partial charge in [0.05, 0.1) is 14.2 Å². The van der Waals surface area contributed by atoms with Gasteiger partial charge >= 0.3 is 0 Å². The minimum atomic E-state index is 0.261. The van der Waals surface area contributed by atoms with Gasteiger partial charge in [0.25, 0.3) is 0 Å². The van der Waals surface area contributed by atoms with E-state index in [9.17, 15) is 0 Å². The second-order valence-corrected chi connectivity index (χ2v) is 5.70. The van der Waals surface area contributed by atoms with Crippen LogP contribution in [0.1, 0.15) is 43.0 Å². The van der Waals surface area contributed by atoms with Gasteiger partial charge in [0.15, 0.2) is 11.5 Å². The Morgan fingerprint density at radius 1 is 1.17 bits per heavy atom. The molecule has 1 atom stereocenters. The first-order chi connectivity index (χ1) is 8.63. The molecule has 4 heteroatoms. The Kier molecular flexibility index (Phi) is 6.87. The predicted octanol–water partition coefficient (Wildman–Crippen LogP) is 5.37. The second-order valence-electron chi connectivity index (χ2n) is 4.19. The summed E-state index contributed by atoms with van der Waals surface area (Å²) in [6.45, 7) is 2.20. The highest BCUT2D eigenvalue weighted by Crippen LogP contribution is 2.40. The van der Waals surface area contributed by atoms with Crippen LogP contribution in [-0.2, 0) is 0 Å². The number of benzene rings is 1. The molecule has 0 radical (unpaired) electrons. The highest BCUT2D eigenvalue weighted by molar-refractivity contribution is 9.09. The summed E-state index contributed by atoms with van der Waals surface area (Å²) in [7, 11) is 3.25. The van der Waals surface area contributed by atoms with E-state index in [2.05, 4.69) is 22.9 Å². The maximum atomic E-state index is 6.28. The molecule has 102 valence electrons. The molecule has 18 heavy (non-hydrogen) atoms. The van der Waals surface area contributed by atoms with Crippen LogP contribution in [-0.4, -0.2) is 14.2 Å². The molecule has 0 bridgehead atoms. The van der Waals surface area contributed by atoms with Crippen molar-refractivity contribution in [3.05, 3.63) is 22.7 Å². The summed E-state index contributed by atoms with van der Waals surface area (Å²) in [6.07, 6.45) is 4.73. The van der Waals surface area contributed by atoms with Crippen LogP contribution >= 0.6 is 27.5 Å². The fourth-order valence-electron chi connectivity index (χ4n) is 1.84. The zero-order chi connectivity index (χ0) is 13.5. The van der Waals surface area contributed by atoms with Gasteiger partial charge in [0.1, 0.15) is 0 Å². The lowest BCUT2D eigenvalue weighted by atomic mass is 10.1. The van der Waals surface area contributed by atoms with Crippen molar-refractivity contribution < 1.29 is 9.47 Å². The Hall–Kier alpha value is -0.410. The van der Waals surface area contributed by atoms with Crippen LogP contribution in [0.15, 0.2) is 12.1 Å². The third-order valence-corrected chi connectivity index (χ3v) is 4.18. The van der Waals surface area contributed by atoms with E-state index in [4.69, 9.17) is 21.1 Å². The van der Waals surface area contributed by atoms with E-state index in [1.165, 1.54) is 19.3 Å². The summed E-state index contributed by atoms with van der Waals surface area (Å²) in [5, 5.41) is 0.714. The summed E-state index contributed by atoms with van der Waals surface area (Å²) in [6, 6.07) is 3.76. The van der Waals surface area contributed by atoms with Gasteiger partial charge in [-0.05, 0) is 18.1 Å². The van der Waals surface area contributed by atoms with E-state index in [1.54, 1.807) is 14.2 Å². The van der Waals surface area contributed by atoms with Crippen molar-refractivity contribution in [3.63, 3.8) is 0 Å². The Bertz CT molecular complexity index is 382. The van der Waals surface area contributed by atoms with E-state index < -0.39 is 0 Å². The number of hydrogen-bond acceptors (Lipinski definition) is 2.